The van der Waals surface area contributed by atoms with Gasteiger partial charge in [-0.25, -0.2) is 0 Å². The van der Waals surface area contributed by atoms with E-state index in [4.69, 9.17) is 0 Å². The van der Waals surface area contributed by atoms with Crippen molar-refractivity contribution in [2.24, 2.45) is 0 Å². The van der Waals surface area contributed by atoms with Crippen LogP contribution >= 0.6 is 15.9 Å². The van der Waals surface area contributed by atoms with E-state index in [0.29, 0.717) is 5.69 Å². The van der Waals surface area contributed by atoms with Crippen molar-refractivity contribution in [3.05, 3.63) is 58.1 Å². The van der Waals surface area contributed by atoms with E-state index in [1.165, 1.54) is 24.3 Å². The highest BCUT2D eigenvalue weighted by Crippen LogP contribution is 2.26. The minimum absolute atomic E-state index is 0.0547. The summed E-state index contributed by atoms with van der Waals surface area (Å²) in [5.74, 6) is -0.457. The fourth-order valence-electron chi connectivity index (χ4n) is 1.75. The standard InChI is InChI=1S/C15H12BrF2NO2/c1-9-4-2-7-12(13(9)16)19-14(20)10-5-3-6-11(8-10)21-15(17)18/h2-8,15H,1H3,(H,19,20). The maximum absolute atomic E-state index is 12.2. The number of hydrogen-bond donors (Lipinski definition) is 1. The van der Waals surface area contributed by atoms with Gasteiger partial charge in [-0.3, -0.25) is 4.79 Å². The fourth-order valence-corrected chi connectivity index (χ4v) is 2.12. The summed E-state index contributed by atoms with van der Waals surface area (Å²) in [6, 6.07) is 11.1. The third-order valence-electron chi connectivity index (χ3n) is 2.76. The molecule has 110 valence electrons. The normalized spacial score (nSPS) is 10.5. The molecule has 1 amide bonds. The first kappa shape index (κ1) is 15.4. The molecular weight excluding hydrogens is 344 g/mol. The van der Waals surface area contributed by atoms with Crippen molar-refractivity contribution in [1.82, 2.24) is 0 Å². The van der Waals surface area contributed by atoms with Crippen LogP contribution in [0, 0.1) is 6.92 Å². The molecule has 0 aliphatic rings. The Labute approximate surface area is 129 Å². The summed E-state index contributed by atoms with van der Waals surface area (Å²) in [4.78, 5) is 12.1. The van der Waals surface area contributed by atoms with Crippen LogP contribution in [-0.2, 0) is 0 Å². The second-order valence-corrected chi connectivity index (χ2v) is 5.09. The average Bonchev–Trinajstić information content (AvgIpc) is 2.43. The Balaban J connectivity index is 2.18. The summed E-state index contributed by atoms with van der Waals surface area (Å²) >= 11 is 3.39. The van der Waals surface area contributed by atoms with E-state index in [9.17, 15) is 13.6 Å². The number of carbonyl (C=O) groups is 1. The third-order valence-corrected chi connectivity index (χ3v) is 3.81. The van der Waals surface area contributed by atoms with Gasteiger partial charge in [-0.15, -0.1) is 0 Å². The van der Waals surface area contributed by atoms with E-state index in [1.54, 1.807) is 6.07 Å². The zero-order chi connectivity index (χ0) is 15.4. The van der Waals surface area contributed by atoms with Crippen LogP contribution in [0.5, 0.6) is 5.75 Å². The molecule has 0 unspecified atom stereocenters. The molecule has 0 spiro atoms. The number of benzene rings is 2. The first-order chi connectivity index (χ1) is 9.97. The van der Waals surface area contributed by atoms with Gasteiger partial charge in [-0.05, 0) is 52.7 Å². The average molecular weight is 356 g/mol. The number of nitrogens with one attached hydrogen (secondary N) is 1. The largest absolute Gasteiger partial charge is 0.435 e. The van der Waals surface area contributed by atoms with Crippen LogP contribution in [0.1, 0.15) is 15.9 Å². The number of rotatable bonds is 4. The molecule has 2 rings (SSSR count). The topological polar surface area (TPSA) is 38.3 Å². The lowest BCUT2D eigenvalue weighted by molar-refractivity contribution is -0.0498. The molecule has 0 atom stereocenters. The summed E-state index contributed by atoms with van der Waals surface area (Å²) in [6.07, 6.45) is 0. The first-order valence-electron chi connectivity index (χ1n) is 6.08. The molecule has 6 heteroatoms. The van der Waals surface area contributed by atoms with Gasteiger partial charge in [-0.2, -0.15) is 8.78 Å². The number of anilines is 1. The Bertz CT molecular complexity index is 662. The van der Waals surface area contributed by atoms with Crippen molar-refractivity contribution in [2.45, 2.75) is 13.5 Å². The number of carbonyl (C=O) groups excluding carboxylic acids is 1. The van der Waals surface area contributed by atoms with Crippen molar-refractivity contribution in [3.8, 4) is 5.75 Å². The van der Waals surface area contributed by atoms with Crippen molar-refractivity contribution < 1.29 is 18.3 Å². The number of alkyl halides is 2. The molecular formula is C15H12BrF2NO2. The molecule has 0 aliphatic heterocycles. The molecule has 3 nitrogen and oxygen atoms in total. The lowest BCUT2D eigenvalue weighted by Gasteiger charge is -2.10. The van der Waals surface area contributed by atoms with Gasteiger partial charge in [0.15, 0.2) is 0 Å². The van der Waals surface area contributed by atoms with Crippen LogP contribution in [0.3, 0.4) is 0 Å². The smallest absolute Gasteiger partial charge is 0.387 e. The lowest BCUT2D eigenvalue weighted by atomic mass is 10.2. The van der Waals surface area contributed by atoms with Gasteiger partial charge in [0.25, 0.3) is 5.91 Å². The third kappa shape index (κ3) is 4.01. The Kier molecular flexibility index (Phi) is 4.90. The van der Waals surface area contributed by atoms with Crippen LogP contribution in [0.25, 0.3) is 0 Å². The van der Waals surface area contributed by atoms with Gasteiger partial charge in [0, 0.05) is 10.0 Å². The first-order valence-corrected chi connectivity index (χ1v) is 6.88. The molecule has 0 aromatic heterocycles. The van der Waals surface area contributed by atoms with Gasteiger partial charge >= 0.3 is 6.61 Å². The molecule has 0 fully saturated rings. The number of amides is 1. The van der Waals surface area contributed by atoms with Crippen LogP contribution in [0.2, 0.25) is 0 Å². The SMILES string of the molecule is Cc1cccc(NC(=O)c2cccc(OC(F)F)c2)c1Br. The summed E-state index contributed by atoms with van der Waals surface area (Å²) in [5.41, 5.74) is 1.82. The van der Waals surface area contributed by atoms with Gasteiger partial charge in [0.05, 0.1) is 5.69 Å². The van der Waals surface area contributed by atoms with Crippen LogP contribution < -0.4 is 10.1 Å². The Morgan fingerprint density at radius 2 is 1.95 bits per heavy atom. The van der Waals surface area contributed by atoms with Crippen LogP contribution in [0.15, 0.2) is 46.9 Å². The highest BCUT2D eigenvalue weighted by Gasteiger charge is 2.11. The highest BCUT2D eigenvalue weighted by molar-refractivity contribution is 9.10. The van der Waals surface area contributed by atoms with E-state index < -0.39 is 12.5 Å². The molecule has 0 aliphatic carbocycles. The van der Waals surface area contributed by atoms with Crippen LogP contribution in [-0.4, -0.2) is 12.5 Å². The van der Waals surface area contributed by atoms with E-state index in [0.717, 1.165) is 10.0 Å². The molecule has 0 saturated heterocycles. The zero-order valence-electron chi connectivity index (χ0n) is 11.1. The molecule has 2 aromatic carbocycles. The Morgan fingerprint density at radius 3 is 2.67 bits per heavy atom. The molecule has 1 N–H and O–H groups in total. The minimum atomic E-state index is -2.92. The van der Waals surface area contributed by atoms with E-state index in [-0.39, 0.29) is 11.3 Å². The quantitative estimate of drug-likeness (QED) is 0.869. The lowest BCUT2D eigenvalue weighted by Crippen LogP contribution is -2.13. The van der Waals surface area contributed by atoms with Gasteiger partial charge in [0.1, 0.15) is 5.75 Å². The highest BCUT2D eigenvalue weighted by atomic mass is 79.9. The predicted octanol–water partition coefficient (Wildman–Crippen LogP) is 4.61. The Morgan fingerprint density at radius 1 is 1.24 bits per heavy atom. The summed E-state index contributed by atoms with van der Waals surface area (Å²) < 4.78 is 29.4. The van der Waals surface area contributed by atoms with Crippen molar-refractivity contribution in [2.75, 3.05) is 5.32 Å². The number of aryl methyl sites for hydroxylation is 1. The Hall–Kier alpha value is -1.95. The van der Waals surface area contributed by atoms with Gasteiger partial charge < -0.3 is 10.1 Å². The molecule has 0 saturated carbocycles. The van der Waals surface area contributed by atoms with Crippen LogP contribution in [0.4, 0.5) is 14.5 Å². The van der Waals surface area contributed by atoms with E-state index in [2.05, 4.69) is 26.0 Å². The van der Waals surface area contributed by atoms with Crippen molar-refractivity contribution >= 4 is 27.5 Å². The molecule has 0 bridgehead atoms. The maximum atomic E-state index is 12.2. The number of hydrogen-bond acceptors (Lipinski definition) is 2. The minimum Gasteiger partial charge on any atom is -0.435 e. The summed E-state index contributed by atoms with van der Waals surface area (Å²) in [5, 5.41) is 2.72. The summed E-state index contributed by atoms with van der Waals surface area (Å²) in [7, 11) is 0. The molecule has 2 aromatic rings. The predicted molar refractivity (Wildman–Crippen MR) is 79.9 cm³/mol. The molecule has 21 heavy (non-hydrogen) atoms. The van der Waals surface area contributed by atoms with E-state index >= 15 is 0 Å². The molecule has 0 heterocycles. The zero-order valence-corrected chi connectivity index (χ0v) is 12.7. The van der Waals surface area contributed by atoms with Gasteiger partial charge in [0.2, 0.25) is 0 Å². The summed E-state index contributed by atoms with van der Waals surface area (Å²) in [6.45, 7) is -1.02. The van der Waals surface area contributed by atoms with Gasteiger partial charge in [-0.1, -0.05) is 18.2 Å². The number of ether oxygens (including phenoxy) is 1. The van der Waals surface area contributed by atoms with Crippen molar-refractivity contribution in [3.63, 3.8) is 0 Å². The monoisotopic (exact) mass is 355 g/mol. The maximum Gasteiger partial charge on any atom is 0.387 e. The second-order valence-electron chi connectivity index (χ2n) is 4.30. The number of halogens is 3. The van der Waals surface area contributed by atoms with Crippen molar-refractivity contribution in [1.29, 1.82) is 0 Å². The fraction of sp³-hybridized carbons (Fsp3) is 0.133. The van der Waals surface area contributed by atoms with E-state index in [1.807, 2.05) is 19.1 Å². The molecule has 0 radical (unpaired) electrons. The second kappa shape index (κ2) is 6.67.